The monoisotopic (exact) mass is 267 g/mol. The summed E-state index contributed by atoms with van der Waals surface area (Å²) in [7, 11) is 0. The fourth-order valence-electron chi connectivity index (χ4n) is 2.34. The van der Waals surface area contributed by atoms with E-state index >= 15 is 0 Å². The van der Waals surface area contributed by atoms with Crippen molar-refractivity contribution in [3.05, 3.63) is 64.1 Å². The van der Waals surface area contributed by atoms with Gasteiger partial charge in [-0.05, 0) is 18.4 Å². The Balaban J connectivity index is 2.32. The summed E-state index contributed by atoms with van der Waals surface area (Å²) in [5.74, 6) is 0. The van der Waals surface area contributed by atoms with Crippen molar-refractivity contribution in [1.82, 2.24) is 9.78 Å². The third-order valence-corrected chi connectivity index (χ3v) is 3.31. The van der Waals surface area contributed by atoms with Gasteiger partial charge in [0.1, 0.15) is 0 Å². The summed E-state index contributed by atoms with van der Waals surface area (Å²) >= 11 is 0. The molecular formula is C15H13N3O2. The summed E-state index contributed by atoms with van der Waals surface area (Å²) in [5.41, 5.74) is 1.53. The van der Waals surface area contributed by atoms with Crippen LogP contribution in [0.5, 0.6) is 0 Å². The summed E-state index contributed by atoms with van der Waals surface area (Å²) in [4.78, 5) is 12.4. The molecule has 3 aromatic rings. The van der Waals surface area contributed by atoms with E-state index in [-0.39, 0.29) is 5.56 Å². The first-order valence-electron chi connectivity index (χ1n) is 6.19. The van der Waals surface area contributed by atoms with Gasteiger partial charge in [0.15, 0.2) is 0 Å². The second kappa shape index (κ2) is 4.70. The summed E-state index contributed by atoms with van der Waals surface area (Å²) in [5, 5.41) is 16.6. The Morgan fingerprint density at radius 2 is 1.95 bits per heavy atom. The van der Waals surface area contributed by atoms with Crippen LogP contribution in [0.3, 0.4) is 0 Å². The first-order valence-corrected chi connectivity index (χ1v) is 6.19. The van der Waals surface area contributed by atoms with Gasteiger partial charge in [0.25, 0.3) is 5.56 Å². The molecule has 0 saturated heterocycles. The van der Waals surface area contributed by atoms with Gasteiger partial charge in [-0.15, -0.1) is 0 Å². The summed E-state index contributed by atoms with van der Waals surface area (Å²) in [6.07, 6.45) is 1.15. The summed E-state index contributed by atoms with van der Waals surface area (Å²) in [6, 6.07) is 13.6. The Bertz CT molecular complexity index is 854. The molecule has 5 heteroatoms. The lowest BCUT2D eigenvalue weighted by Gasteiger charge is -2.06. The van der Waals surface area contributed by atoms with Crippen LogP contribution in [0.15, 0.2) is 52.4 Å². The minimum absolute atomic E-state index is 0.239. The molecule has 20 heavy (non-hydrogen) atoms. The number of aromatic nitrogens is 2. The first kappa shape index (κ1) is 12.2. The van der Waals surface area contributed by atoms with Gasteiger partial charge in [-0.2, -0.15) is 0 Å². The van der Waals surface area contributed by atoms with Gasteiger partial charge in [-0.25, -0.2) is 4.68 Å². The fraction of sp³-hybridized carbons (Fsp3) is 0.0667. The van der Waals surface area contributed by atoms with E-state index in [4.69, 9.17) is 5.21 Å². The average Bonchev–Trinajstić information content (AvgIpc) is 2.75. The summed E-state index contributed by atoms with van der Waals surface area (Å²) in [6.45, 7) is 1.76. The van der Waals surface area contributed by atoms with Crippen LogP contribution in [-0.2, 0) is 0 Å². The van der Waals surface area contributed by atoms with Crippen molar-refractivity contribution in [2.24, 2.45) is 5.16 Å². The number of fused-ring (bicyclic) bond motifs is 1. The van der Waals surface area contributed by atoms with Gasteiger partial charge in [0, 0.05) is 11.1 Å². The van der Waals surface area contributed by atoms with Gasteiger partial charge in [0.05, 0.1) is 17.5 Å². The highest BCUT2D eigenvalue weighted by Crippen LogP contribution is 2.20. The molecular weight excluding hydrogens is 254 g/mol. The topological polar surface area (TPSA) is 70.4 Å². The molecule has 5 nitrogen and oxygen atoms in total. The minimum Gasteiger partial charge on any atom is -0.411 e. The maximum atomic E-state index is 12.4. The fourth-order valence-corrected chi connectivity index (χ4v) is 2.34. The van der Waals surface area contributed by atoms with Crippen molar-refractivity contribution in [3.63, 3.8) is 0 Å². The van der Waals surface area contributed by atoms with E-state index in [9.17, 15) is 4.79 Å². The van der Waals surface area contributed by atoms with Crippen molar-refractivity contribution in [1.29, 1.82) is 0 Å². The zero-order valence-corrected chi connectivity index (χ0v) is 10.9. The number of oxime groups is 1. The highest BCUT2D eigenvalue weighted by molar-refractivity contribution is 5.90. The van der Waals surface area contributed by atoms with Crippen molar-refractivity contribution in [3.8, 4) is 5.69 Å². The molecule has 1 heterocycles. The highest BCUT2D eigenvalue weighted by Gasteiger charge is 2.12. The van der Waals surface area contributed by atoms with Crippen LogP contribution in [0.4, 0.5) is 0 Å². The second-order valence-electron chi connectivity index (χ2n) is 4.53. The molecule has 0 aliphatic rings. The Morgan fingerprint density at radius 3 is 2.75 bits per heavy atom. The Morgan fingerprint density at radius 1 is 1.20 bits per heavy atom. The number of aryl methyl sites for hydroxylation is 1. The third-order valence-electron chi connectivity index (χ3n) is 3.31. The van der Waals surface area contributed by atoms with Crippen LogP contribution in [0.25, 0.3) is 16.5 Å². The lowest BCUT2D eigenvalue weighted by Crippen LogP contribution is -2.17. The zero-order chi connectivity index (χ0) is 14.1. The molecule has 0 fully saturated rings. The number of nitrogens with one attached hydrogen (secondary N) is 1. The van der Waals surface area contributed by atoms with Gasteiger partial charge in [0.2, 0.25) is 0 Å². The molecule has 2 aromatic carbocycles. The van der Waals surface area contributed by atoms with E-state index in [1.54, 1.807) is 6.92 Å². The number of H-pyrrole nitrogens is 1. The maximum absolute atomic E-state index is 12.4. The van der Waals surface area contributed by atoms with E-state index in [2.05, 4.69) is 10.3 Å². The molecule has 0 spiro atoms. The quantitative estimate of drug-likeness (QED) is 0.425. The maximum Gasteiger partial charge on any atom is 0.280 e. The lowest BCUT2D eigenvalue weighted by molar-refractivity contribution is 0.322. The van der Waals surface area contributed by atoms with E-state index in [1.807, 2.05) is 42.5 Å². The molecule has 0 saturated carbocycles. The molecule has 1 aromatic heterocycles. The van der Waals surface area contributed by atoms with E-state index in [1.165, 1.54) is 4.68 Å². The molecule has 0 unspecified atom stereocenters. The molecule has 0 bridgehead atoms. The highest BCUT2D eigenvalue weighted by atomic mass is 16.4. The molecule has 2 N–H and O–H groups in total. The van der Waals surface area contributed by atoms with Gasteiger partial charge < -0.3 is 5.21 Å². The molecule has 3 rings (SSSR count). The number of hydrogen-bond acceptors (Lipinski definition) is 3. The second-order valence-corrected chi connectivity index (χ2v) is 4.53. The average molecular weight is 267 g/mol. The molecule has 0 aliphatic heterocycles. The van der Waals surface area contributed by atoms with E-state index < -0.39 is 0 Å². The van der Waals surface area contributed by atoms with Crippen LogP contribution >= 0.6 is 0 Å². The third kappa shape index (κ3) is 1.80. The van der Waals surface area contributed by atoms with Gasteiger partial charge >= 0.3 is 0 Å². The Hall–Kier alpha value is -2.82. The van der Waals surface area contributed by atoms with E-state index in [0.29, 0.717) is 11.3 Å². The number of hydrogen-bond donors (Lipinski definition) is 2. The number of aromatic amines is 1. The van der Waals surface area contributed by atoms with Gasteiger partial charge in [-0.1, -0.05) is 41.6 Å². The SMILES string of the molecule is Cc1[nH]n(-c2cccc3ccccc23)c(=O)c1C=NO. The summed E-state index contributed by atoms with van der Waals surface area (Å²) < 4.78 is 1.47. The number of benzene rings is 2. The lowest BCUT2D eigenvalue weighted by atomic mass is 10.1. The molecule has 0 aliphatic carbocycles. The molecule has 0 atom stereocenters. The van der Waals surface area contributed by atoms with Crippen LogP contribution in [0, 0.1) is 6.92 Å². The van der Waals surface area contributed by atoms with Crippen LogP contribution < -0.4 is 5.56 Å². The Labute approximate surface area is 114 Å². The molecule has 100 valence electrons. The first-order chi connectivity index (χ1) is 9.72. The van der Waals surface area contributed by atoms with Crippen LogP contribution in [0.2, 0.25) is 0 Å². The molecule has 0 amide bonds. The van der Waals surface area contributed by atoms with Crippen molar-refractivity contribution in [2.75, 3.05) is 0 Å². The number of nitrogens with zero attached hydrogens (tertiary/aromatic N) is 2. The minimum atomic E-state index is -0.239. The standard InChI is InChI=1S/C15H13N3O2/c1-10-13(9-16-20)15(19)18(17-10)14-8-4-6-11-5-2-3-7-12(11)14/h2-9,17,20H,1H3. The normalized spacial score (nSPS) is 11.4. The predicted octanol–water partition coefficient (Wildman–Crippen LogP) is 2.44. The van der Waals surface area contributed by atoms with Gasteiger partial charge in [-0.3, -0.25) is 9.89 Å². The zero-order valence-electron chi connectivity index (χ0n) is 10.9. The predicted molar refractivity (Wildman–Crippen MR) is 78.0 cm³/mol. The van der Waals surface area contributed by atoms with Crippen molar-refractivity contribution >= 4 is 17.0 Å². The number of rotatable bonds is 2. The van der Waals surface area contributed by atoms with Crippen LogP contribution in [-0.4, -0.2) is 21.2 Å². The van der Waals surface area contributed by atoms with E-state index in [0.717, 1.165) is 22.7 Å². The van der Waals surface area contributed by atoms with Crippen molar-refractivity contribution in [2.45, 2.75) is 6.92 Å². The largest absolute Gasteiger partial charge is 0.411 e. The smallest absolute Gasteiger partial charge is 0.280 e. The molecule has 0 radical (unpaired) electrons. The Kier molecular flexibility index (Phi) is 2.87. The van der Waals surface area contributed by atoms with Crippen LogP contribution in [0.1, 0.15) is 11.3 Å². The van der Waals surface area contributed by atoms with Crippen molar-refractivity contribution < 1.29 is 5.21 Å².